The molecule has 2 aromatic rings. The van der Waals surface area contributed by atoms with Crippen LogP contribution in [0.25, 0.3) is 5.65 Å². The number of carbonyl (C=O) groups is 3. The second-order valence-electron chi connectivity index (χ2n) is 9.32. The molecule has 172 valence electrons. The van der Waals surface area contributed by atoms with Gasteiger partial charge in [-0.05, 0) is 19.8 Å². The number of aromatic nitrogens is 3. The van der Waals surface area contributed by atoms with E-state index in [0.29, 0.717) is 24.4 Å². The Kier molecular flexibility index (Phi) is 5.56. The number of nitrogens with zero attached hydrogens (tertiary/aromatic N) is 5. The maximum absolute atomic E-state index is 13.3. The van der Waals surface area contributed by atoms with Gasteiger partial charge in [0.1, 0.15) is 24.4 Å². The van der Waals surface area contributed by atoms with Gasteiger partial charge in [-0.2, -0.15) is 9.61 Å². The fourth-order valence-electron chi connectivity index (χ4n) is 4.24. The third kappa shape index (κ3) is 3.78. The van der Waals surface area contributed by atoms with E-state index < -0.39 is 17.4 Å². The highest BCUT2D eigenvalue weighted by atomic mass is 16.5. The van der Waals surface area contributed by atoms with Crippen molar-refractivity contribution in [2.45, 2.75) is 59.0 Å². The summed E-state index contributed by atoms with van der Waals surface area (Å²) in [6.45, 7) is 8.89. The Morgan fingerprint density at radius 3 is 2.44 bits per heavy atom. The van der Waals surface area contributed by atoms with Crippen molar-refractivity contribution < 1.29 is 19.1 Å². The topological polar surface area (TPSA) is 106 Å². The Balaban J connectivity index is 1.78. The molecule has 0 saturated carbocycles. The molecule has 0 bridgehead atoms. The number of likely N-dealkylation sites (tertiary alicyclic amines) is 1. The molecule has 0 atom stereocenters. The van der Waals surface area contributed by atoms with Gasteiger partial charge in [-0.3, -0.25) is 19.2 Å². The molecule has 0 radical (unpaired) electrons. The molecule has 32 heavy (non-hydrogen) atoms. The lowest BCUT2D eigenvalue weighted by molar-refractivity contribution is -0.143. The summed E-state index contributed by atoms with van der Waals surface area (Å²) in [6.07, 6.45) is 1.91. The molecule has 2 aliphatic heterocycles. The number of hydrogen-bond donors (Lipinski definition) is 0. The minimum absolute atomic E-state index is 0.00998. The van der Waals surface area contributed by atoms with E-state index >= 15 is 0 Å². The number of carbonyl (C=O) groups excluding carboxylic acids is 3. The first kappa shape index (κ1) is 22.0. The molecule has 0 spiro atoms. The molecule has 10 nitrogen and oxygen atoms in total. The van der Waals surface area contributed by atoms with Gasteiger partial charge in [-0.15, -0.1) is 0 Å². The van der Waals surface area contributed by atoms with Crippen molar-refractivity contribution in [1.82, 2.24) is 24.0 Å². The molecule has 0 aliphatic carbocycles. The number of amides is 2. The summed E-state index contributed by atoms with van der Waals surface area (Å²) in [5.41, 5.74) is 0.657. The van der Waals surface area contributed by atoms with E-state index in [1.807, 2.05) is 20.8 Å². The van der Waals surface area contributed by atoms with Crippen LogP contribution in [0.4, 0.5) is 0 Å². The Morgan fingerprint density at radius 1 is 1.12 bits per heavy atom. The SMILES string of the molecule is CCOC(=O)Cn1c2c(c(=O)n3nc(C(C)(C)C)cc13)CN(CC(=O)N1CCCC1)C2=O. The monoisotopic (exact) mass is 443 g/mol. The molecular weight excluding hydrogens is 414 g/mol. The normalized spacial score (nSPS) is 16.2. The van der Waals surface area contributed by atoms with Crippen LogP contribution in [0.2, 0.25) is 0 Å². The Hall–Kier alpha value is -3.17. The van der Waals surface area contributed by atoms with Gasteiger partial charge >= 0.3 is 5.97 Å². The van der Waals surface area contributed by atoms with Gasteiger partial charge in [0, 0.05) is 24.6 Å². The highest BCUT2D eigenvalue weighted by molar-refractivity contribution is 5.99. The van der Waals surface area contributed by atoms with E-state index in [0.717, 1.165) is 12.8 Å². The van der Waals surface area contributed by atoms with Crippen LogP contribution < -0.4 is 5.56 Å². The standard InChI is InChI=1S/C22H29N5O5/c1-5-32-18(29)13-26-16-10-15(22(2,3)4)23-27(16)20(30)14-11-25(21(31)19(14)26)12-17(28)24-8-6-7-9-24/h10H,5-9,11-13H2,1-4H3. The van der Waals surface area contributed by atoms with Crippen molar-refractivity contribution in [3.8, 4) is 0 Å². The first-order valence-corrected chi connectivity index (χ1v) is 11.0. The second kappa shape index (κ2) is 8.07. The summed E-state index contributed by atoms with van der Waals surface area (Å²) < 4.78 is 7.85. The van der Waals surface area contributed by atoms with Crippen LogP contribution in [0.1, 0.15) is 62.3 Å². The van der Waals surface area contributed by atoms with Crippen molar-refractivity contribution in [2.75, 3.05) is 26.2 Å². The molecule has 10 heteroatoms. The van der Waals surface area contributed by atoms with Gasteiger partial charge in [0.2, 0.25) is 5.91 Å². The van der Waals surface area contributed by atoms with Crippen LogP contribution in [0.15, 0.2) is 10.9 Å². The van der Waals surface area contributed by atoms with E-state index in [2.05, 4.69) is 5.10 Å². The highest BCUT2D eigenvalue weighted by Gasteiger charge is 2.37. The molecule has 2 aromatic heterocycles. The maximum Gasteiger partial charge on any atom is 0.326 e. The number of fused-ring (bicyclic) bond motifs is 2. The number of hydrogen-bond acceptors (Lipinski definition) is 6. The van der Waals surface area contributed by atoms with E-state index in [1.54, 1.807) is 17.9 Å². The Bertz CT molecular complexity index is 1150. The third-order valence-corrected chi connectivity index (χ3v) is 5.96. The van der Waals surface area contributed by atoms with Crippen molar-refractivity contribution in [1.29, 1.82) is 0 Å². The molecule has 1 fully saturated rings. The van der Waals surface area contributed by atoms with Crippen LogP contribution in [-0.4, -0.2) is 68.0 Å². The van der Waals surface area contributed by atoms with E-state index in [9.17, 15) is 19.2 Å². The zero-order valence-electron chi connectivity index (χ0n) is 19.0. The zero-order valence-corrected chi connectivity index (χ0v) is 19.0. The van der Waals surface area contributed by atoms with Crippen LogP contribution in [0.3, 0.4) is 0 Å². The van der Waals surface area contributed by atoms with Gasteiger partial charge in [-0.1, -0.05) is 20.8 Å². The van der Waals surface area contributed by atoms with Gasteiger partial charge in [-0.25, -0.2) is 0 Å². The summed E-state index contributed by atoms with van der Waals surface area (Å²) in [4.78, 5) is 54.7. The van der Waals surface area contributed by atoms with Crippen LogP contribution in [0, 0.1) is 0 Å². The molecule has 0 unspecified atom stereocenters. The summed E-state index contributed by atoms with van der Waals surface area (Å²) in [5, 5.41) is 4.48. The lowest BCUT2D eigenvalue weighted by Crippen LogP contribution is -2.39. The summed E-state index contributed by atoms with van der Waals surface area (Å²) >= 11 is 0. The lowest BCUT2D eigenvalue weighted by atomic mass is 9.93. The van der Waals surface area contributed by atoms with Crippen LogP contribution in [-0.2, 0) is 32.8 Å². The molecule has 0 N–H and O–H groups in total. The van der Waals surface area contributed by atoms with Crippen molar-refractivity contribution in [3.63, 3.8) is 0 Å². The predicted octanol–water partition coefficient (Wildman–Crippen LogP) is 0.935. The summed E-state index contributed by atoms with van der Waals surface area (Å²) in [7, 11) is 0. The summed E-state index contributed by atoms with van der Waals surface area (Å²) in [6, 6.07) is 1.73. The fraction of sp³-hybridized carbons (Fsp3) is 0.591. The van der Waals surface area contributed by atoms with Gasteiger partial charge in [0.25, 0.3) is 11.5 Å². The maximum atomic E-state index is 13.3. The number of rotatable bonds is 5. The van der Waals surface area contributed by atoms with E-state index in [-0.39, 0.29) is 48.8 Å². The molecule has 2 aliphatic rings. The Labute approximate surface area is 185 Å². The largest absolute Gasteiger partial charge is 0.465 e. The summed E-state index contributed by atoms with van der Waals surface area (Å²) in [5.74, 6) is -1.08. The van der Waals surface area contributed by atoms with E-state index in [4.69, 9.17) is 4.74 Å². The molecule has 2 amide bonds. The predicted molar refractivity (Wildman–Crippen MR) is 115 cm³/mol. The lowest BCUT2D eigenvalue weighted by Gasteiger charge is -2.20. The van der Waals surface area contributed by atoms with Gasteiger partial charge in [0.05, 0.1) is 24.4 Å². The fourth-order valence-corrected chi connectivity index (χ4v) is 4.24. The van der Waals surface area contributed by atoms with Crippen molar-refractivity contribution >= 4 is 23.4 Å². The average molecular weight is 444 g/mol. The second-order valence-corrected chi connectivity index (χ2v) is 9.32. The minimum Gasteiger partial charge on any atom is -0.465 e. The van der Waals surface area contributed by atoms with E-state index in [1.165, 1.54) is 14.0 Å². The Morgan fingerprint density at radius 2 is 1.81 bits per heavy atom. The van der Waals surface area contributed by atoms with Gasteiger partial charge < -0.3 is 19.1 Å². The highest BCUT2D eigenvalue weighted by Crippen LogP contribution is 2.26. The smallest absolute Gasteiger partial charge is 0.326 e. The average Bonchev–Trinajstić information content (AvgIpc) is 3.45. The third-order valence-electron chi connectivity index (χ3n) is 5.96. The molecule has 1 saturated heterocycles. The molecule has 4 rings (SSSR count). The van der Waals surface area contributed by atoms with Crippen molar-refractivity contribution in [2.24, 2.45) is 0 Å². The quantitative estimate of drug-likeness (QED) is 0.637. The minimum atomic E-state index is -0.516. The zero-order chi connectivity index (χ0) is 23.2. The number of esters is 1. The molecule has 4 heterocycles. The molecular formula is C22H29N5O5. The van der Waals surface area contributed by atoms with Crippen LogP contribution in [0.5, 0.6) is 0 Å². The van der Waals surface area contributed by atoms with Gasteiger partial charge in [0.15, 0.2) is 0 Å². The van der Waals surface area contributed by atoms with Crippen molar-refractivity contribution in [3.05, 3.63) is 33.4 Å². The first-order chi connectivity index (χ1) is 15.1. The van der Waals surface area contributed by atoms with Crippen LogP contribution >= 0.6 is 0 Å². The number of ether oxygens (including phenoxy) is 1. The first-order valence-electron chi connectivity index (χ1n) is 11.0. The molecule has 0 aromatic carbocycles.